The van der Waals surface area contributed by atoms with E-state index in [1.807, 2.05) is 19.1 Å². The third-order valence-corrected chi connectivity index (χ3v) is 9.66. The highest BCUT2D eigenvalue weighted by Crippen LogP contribution is 2.54. The molecule has 0 bridgehead atoms. The number of benzene rings is 1. The molecule has 3 heterocycles. The monoisotopic (exact) mass is 631 g/mol. The molecule has 5 rings (SSSR count). The fraction of sp³-hybridized carbons (Fsp3) is 0.594. The fourth-order valence-corrected chi connectivity index (χ4v) is 6.41. The second kappa shape index (κ2) is 14.3. The number of ether oxygens (including phenoxy) is 2. The lowest BCUT2D eigenvalue weighted by Gasteiger charge is -2.35. The van der Waals surface area contributed by atoms with E-state index in [-0.39, 0.29) is 43.5 Å². The van der Waals surface area contributed by atoms with Crippen LogP contribution in [0.5, 0.6) is 5.75 Å². The quantitative estimate of drug-likeness (QED) is 0.150. The van der Waals surface area contributed by atoms with Crippen LogP contribution in [0, 0.1) is 5.41 Å². The van der Waals surface area contributed by atoms with E-state index in [1.165, 1.54) is 31.9 Å². The van der Waals surface area contributed by atoms with E-state index in [9.17, 15) is 18.4 Å². The van der Waals surface area contributed by atoms with E-state index in [2.05, 4.69) is 26.0 Å². The number of nitrogens with one attached hydrogen (secondary N) is 2. The summed E-state index contributed by atoms with van der Waals surface area (Å²) in [6.07, 6.45) is 6.58. The number of carbonyl (C=O) groups excluding carboxylic acids is 2. The molecule has 1 spiro atoms. The topological polar surface area (TPSA) is 96.0 Å². The number of unbranched alkanes of at least 4 members (excludes halogenated alkanes) is 1. The molecular formula is C32H43F2N5O4S. The van der Waals surface area contributed by atoms with E-state index in [0.717, 1.165) is 49.4 Å². The Morgan fingerprint density at radius 3 is 2.41 bits per heavy atom. The third kappa shape index (κ3) is 8.32. The van der Waals surface area contributed by atoms with Crippen molar-refractivity contribution in [2.24, 2.45) is 5.41 Å². The van der Waals surface area contributed by atoms with Gasteiger partial charge < -0.3 is 24.6 Å². The van der Waals surface area contributed by atoms with Gasteiger partial charge in [0.1, 0.15) is 12.3 Å². The maximum absolute atomic E-state index is 13.8. The van der Waals surface area contributed by atoms with Crippen LogP contribution in [-0.4, -0.2) is 69.2 Å². The number of aromatic nitrogens is 1. The zero-order valence-corrected chi connectivity index (χ0v) is 26.4. The molecule has 240 valence electrons. The number of halogens is 2. The summed E-state index contributed by atoms with van der Waals surface area (Å²) >= 11 is 1.46. The maximum atomic E-state index is 13.8. The van der Waals surface area contributed by atoms with Crippen LogP contribution >= 0.6 is 11.9 Å². The Morgan fingerprint density at radius 1 is 1.00 bits per heavy atom. The maximum Gasteiger partial charge on any atom is 0.305 e. The van der Waals surface area contributed by atoms with Gasteiger partial charge >= 0.3 is 5.97 Å². The first kappa shape index (κ1) is 32.3. The van der Waals surface area contributed by atoms with Gasteiger partial charge in [-0.25, -0.2) is 13.8 Å². The molecular weight excluding hydrogens is 588 g/mol. The van der Waals surface area contributed by atoms with Crippen molar-refractivity contribution >= 4 is 41.0 Å². The molecule has 1 aromatic carbocycles. The summed E-state index contributed by atoms with van der Waals surface area (Å²) in [7, 11) is 1.50. The molecule has 1 aromatic heterocycles. The zero-order valence-electron chi connectivity index (χ0n) is 25.6. The molecule has 2 N–H and O–H groups in total. The second-order valence-electron chi connectivity index (χ2n) is 12.0. The summed E-state index contributed by atoms with van der Waals surface area (Å²) in [5.41, 5.74) is 2.32. The molecule has 1 amide bonds. The normalized spacial score (nSPS) is 18.6. The molecule has 0 atom stereocenters. The third-order valence-electron chi connectivity index (χ3n) is 8.82. The van der Waals surface area contributed by atoms with E-state index in [1.54, 1.807) is 17.0 Å². The molecule has 44 heavy (non-hydrogen) atoms. The van der Waals surface area contributed by atoms with Crippen LogP contribution in [0.25, 0.3) is 0 Å². The molecule has 0 unspecified atom stereocenters. The van der Waals surface area contributed by atoms with Crippen LogP contribution in [0.3, 0.4) is 0 Å². The summed E-state index contributed by atoms with van der Waals surface area (Å²) in [4.78, 5) is 34.9. The van der Waals surface area contributed by atoms with Crippen molar-refractivity contribution in [2.45, 2.75) is 75.5 Å². The van der Waals surface area contributed by atoms with E-state index >= 15 is 0 Å². The number of methoxy groups -OCH3 is 1. The molecule has 2 saturated heterocycles. The van der Waals surface area contributed by atoms with Crippen LogP contribution in [0.1, 0.15) is 75.2 Å². The van der Waals surface area contributed by atoms with Crippen molar-refractivity contribution in [1.29, 1.82) is 0 Å². The fourth-order valence-electron chi connectivity index (χ4n) is 5.76. The Morgan fingerprint density at radius 2 is 1.73 bits per heavy atom. The number of rotatable bonds is 13. The number of piperidine rings is 2. The first-order chi connectivity index (χ1) is 21.2. The first-order valence-electron chi connectivity index (χ1n) is 15.6. The average Bonchev–Trinajstić information content (AvgIpc) is 3.79. The molecule has 12 heteroatoms. The van der Waals surface area contributed by atoms with E-state index < -0.39 is 5.92 Å². The molecule has 2 aliphatic heterocycles. The molecule has 1 saturated carbocycles. The van der Waals surface area contributed by atoms with Crippen LogP contribution in [0.15, 0.2) is 35.2 Å². The lowest BCUT2D eigenvalue weighted by molar-refractivity contribution is -0.143. The highest BCUT2D eigenvalue weighted by Gasteiger charge is 2.44. The van der Waals surface area contributed by atoms with Crippen molar-refractivity contribution in [2.75, 3.05) is 61.6 Å². The Balaban J connectivity index is 1.27. The van der Waals surface area contributed by atoms with Gasteiger partial charge in [-0.3, -0.25) is 14.3 Å². The van der Waals surface area contributed by atoms with Crippen molar-refractivity contribution in [1.82, 2.24) is 9.71 Å². The molecule has 0 radical (unpaired) electrons. The molecule has 3 fully saturated rings. The van der Waals surface area contributed by atoms with E-state index in [4.69, 9.17) is 9.47 Å². The molecule has 9 nitrogen and oxygen atoms in total. The SMILES string of the molecule is CCCCC(=O)OCCNSc1ccc(NC(=O)c2ccc(OC)c(N3CCC(F)(F)CC3)n2)c(N2CCC3(CC2)CC3)c1. The Hall–Kier alpha value is -3.12. The van der Waals surface area contributed by atoms with Crippen molar-refractivity contribution in [3.8, 4) is 5.75 Å². The van der Waals surface area contributed by atoms with Crippen LogP contribution in [0.2, 0.25) is 0 Å². The minimum Gasteiger partial charge on any atom is -0.493 e. The molecule has 1 aliphatic carbocycles. The number of anilines is 3. The van der Waals surface area contributed by atoms with Gasteiger partial charge in [-0.2, -0.15) is 0 Å². The molecule has 2 aromatic rings. The van der Waals surface area contributed by atoms with Crippen molar-refractivity contribution in [3.05, 3.63) is 36.0 Å². The van der Waals surface area contributed by atoms with Crippen LogP contribution in [-0.2, 0) is 9.53 Å². The lowest BCUT2D eigenvalue weighted by Crippen LogP contribution is -2.40. The van der Waals surface area contributed by atoms with Gasteiger partial charge in [0.05, 0.1) is 18.5 Å². The van der Waals surface area contributed by atoms with Crippen molar-refractivity contribution < 1.29 is 27.8 Å². The zero-order chi connectivity index (χ0) is 31.2. The number of esters is 1. The standard InChI is InChI=1S/C32H43F2N5O4S/c1-3-4-5-28(40)43-21-16-35-44-23-6-7-24(26(22-23)38-17-12-31(10-11-31)13-18-38)37-30(41)25-8-9-27(42-2)29(36-25)39-19-14-32(33,34)15-20-39/h6-9,22,35H,3-5,10-21H2,1-2H3,(H,37,41). The predicted octanol–water partition coefficient (Wildman–Crippen LogP) is 6.29. The van der Waals surface area contributed by atoms with E-state index in [0.29, 0.717) is 42.2 Å². The van der Waals surface area contributed by atoms with Gasteiger partial charge in [-0.15, -0.1) is 0 Å². The highest BCUT2D eigenvalue weighted by atomic mass is 32.2. The second-order valence-corrected chi connectivity index (χ2v) is 13.0. The Bertz CT molecular complexity index is 1310. The number of alkyl halides is 2. The largest absolute Gasteiger partial charge is 0.493 e. The summed E-state index contributed by atoms with van der Waals surface area (Å²) in [5, 5.41) is 3.06. The molecule has 3 aliphatic rings. The Labute approximate surface area is 262 Å². The number of amides is 1. The predicted molar refractivity (Wildman–Crippen MR) is 169 cm³/mol. The summed E-state index contributed by atoms with van der Waals surface area (Å²) < 4.78 is 41.6. The number of carbonyl (C=O) groups is 2. The summed E-state index contributed by atoms with van der Waals surface area (Å²) in [6, 6.07) is 9.18. The number of pyridine rings is 1. The van der Waals surface area contributed by atoms with Crippen molar-refractivity contribution in [3.63, 3.8) is 0 Å². The lowest BCUT2D eigenvalue weighted by atomic mass is 9.93. The number of hydrogen-bond donors (Lipinski definition) is 2. The minimum atomic E-state index is -2.69. The smallest absolute Gasteiger partial charge is 0.305 e. The van der Waals surface area contributed by atoms with Gasteiger partial charge in [0.2, 0.25) is 0 Å². The summed E-state index contributed by atoms with van der Waals surface area (Å²) in [6.45, 7) is 4.97. The average molecular weight is 632 g/mol. The highest BCUT2D eigenvalue weighted by molar-refractivity contribution is 7.97. The van der Waals surface area contributed by atoms with Gasteiger partial charge in [0, 0.05) is 56.9 Å². The van der Waals surface area contributed by atoms with Gasteiger partial charge in [0.15, 0.2) is 11.6 Å². The van der Waals surface area contributed by atoms with Gasteiger partial charge in [-0.05, 0) is 79.8 Å². The number of nitrogens with zero attached hydrogens (tertiary/aromatic N) is 3. The number of hydrogen-bond acceptors (Lipinski definition) is 9. The Kier molecular flexibility index (Phi) is 10.5. The first-order valence-corrected chi connectivity index (χ1v) is 16.5. The van der Waals surface area contributed by atoms with Gasteiger partial charge in [-0.1, -0.05) is 13.3 Å². The van der Waals surface area contributed by atoms with Crippen LogP contribution < -0.4 is 24.6 Å². The minimum absolute atomic E-state index is 0.135. The summed E-state index contributed by atoms with van der Waals surface area (Å²) in [5.74, 6) is -2.40. The van der Waals surface area contributed by atoms with Crippen LogP contribution in [0.4, 0.5) is 26.0 Å². The van der Waals surface area contributed by atoms with Gasteiger partial charge in [0.25, 0.3) is 11.8 Å².